The van der Waals surface area contributed by atoms with Gasteiger partial charge in [0.05, 0.1) is 19.3 Å². The molecule has 1 aromatic carbocycles. The molecule has 1 aliphatic rings. The lowest BCUT2D eigenvalue weighted by Gasteiger charge is -2.33. The van der Waals surface area contributed by atoms with Gasteiger partial charge < -0.3 is 15.4 Å². The fourth-order valence-corrected chi connectivity index (χ4v) is 3.88. The molecule has 2 N–H and O–H groups in total. The van der Waals surface area contributed by atoms with E-state index >= 15 is 0 Å². The molecule has 6 nitrogen and oxygen atoms in total. The Hall–Kier alpha value is -2.60. The maximum atomic E-state index is 5.51. The van der Waals surface area contributed by atoms with Gasteiger partial charge in [0, 0.05) is 50.0 Å². The molecule has 1 aromatic heterocycles. The van der Waals surface area contributed by atoms with Crippen LogP contribution < -0.4 is 15.4 Å². The summed E-state index contributed by atoms with van der Waals surface area (Å²) in [6.45, 7) is 7.91. The third-order valence-electron chi connectivity index (χ3n) is 5.57. The largest absolute Gasteiger partial charge is 0.496 e. The van der Waals surface area contributed by atoms with Crippen molar-refractivity contribution >= 4 is 5.96 Å². The zero-order chi connectivity index (χ0) is 20.6. The number of nitrogens with zero attached hydrogens (tertiary/aromatic N) is 3. The molecule has 1 aliphatic heterocycles. The van der Waals surface area contributed by atoms with Gasteiger partial charge in [0.2, 0.25) is 0 Å². The minimum absolute atomic E-state index is 0.440. The van der Waals surface area contributed by atoms with Crippen LogP contribution in [0.4, 0.5) is 0 Å². The Labute approximate surface area is 174 Å². The number of aromatic nitrogens is 1. The van der Waals surface area contributed by atoms with Crippen molar-refractivity contribution in [1.29, 1.82) is 0 Å². The van der Waals surface area contributed by atoms with Gasteiger partial charge in [0.1, 0.15) is 5.75 Å². The molecule has 0 unspecified atom stereocenters. The molecule has 2 aromatic rings. The second kappa shape index (κ2) is 10.3. The molecular weight excluding hydrogens is 362 g/mol. The zero-order valence-electron chi connectivity index (χ0n) is 18.0. The number of guanidine groups is 1. The van der Waals surface area contributed by atoms with Crippen molar-refractivity contribution in [2.75, 3.05) is 27.2 Å². The number of hydrogen-bond acceptors (Lipinski definition) is 4. The van der Waals surface area contributed by atoms with Gasteiger partial charge in [-0.05, 0) is 32.3 Å². The lowest BCUT2D eigenvalue weighted by atomic mass is 10.0. The first-order chi connectivity index (χ1) is 14.1. The van der Waals surface area contributed by atoms with Gasteiger partial charge in [0.25, 0.3) is 0 Å². The molecule has 29 heavy (non-hydrogen) atoms. The molecule has 0 bridgehead atoms. The van der Waals surface area contributed by atoms with Crippen LogP contribution in [0.1, 0.15) is 35.2 Å². The van der Waals surface area contributed by atoms with Crippen molar-refractivity contribution in [3.63, 3.8) is 0 Å². The quantitative estimate of drug-likeness (QED) is 0.582. The van der Waals surface area contributed by atoms with Crippen LogP contribution in [-0.2, 0) is 13.1 Å². The van der Waals surface area contributed by atoms with E-state index in [0.29, 0.717) is 12.6 Å². The topological polar surface area (TPSA) is 61.8 Å². The van der Waals surface area contributed by atoms with E-state index in [4.69, 9.17) is 4.74 Å². The van der Waals surface area contributed by atoms with Crippen molar-refractivity contribution in [2.24, 2.45) is 4.99 Å². The van der Waals surface area contributed by atoms with E-state index < -0.39 is 0 Å². The third-order valence-corrected chi connectivity index (χ3v) is 5.57. The van der Waals surface area contributed by atoms with Crippen LogP contribution in [0.2, 0.25) is 0 Å². The van der Waals surface area contributed by atoms with Gasteiger partial charge in [-0.1, -0.05) is 30.3 Å². The number of nitrogens with one attached hydrogen (secondary N) is 2. The average Bonchev–Trinajstić information content (AvgIpc) is 2.74. The monoisotopic (exact) mass is 395 g/mol. The number of benzene rings is 1. The van der Waals surface area contributed by atoms with Crippen LogP contribution in [0, 0.1) is 13.8 Å². The normalized spacial score (nSPS) is 15.9. The SMILES string of the molecule is CN=C(NCc1ncc(C)c(OC)c1C)NC1CCN(Cc2ccccc2)CC1. The summed E-state index contributed by atoms with van der Waals surface area (Å²) in [5.41, 5.74) is 4.49. The Morgan fingerprint density at radius 1 is 1.21 bits per heavy atom. The molecule has 6 heteroatoms. The maximum Gasteiger partial charge on any atom is 0.191 e. The lowest BCUT2D eigenvalue weighted by Crippen LogP contribution is -2.48. The summed E-state index contributed by atoms with van der Waals surface area (Å²) in [6.07, 6.45) is 4.09. The first kappa shape index (κ1) is 21.1. The predicted octanol–water partition coefficient (Wildman–Crippen LogP) is 3.04. The van der Waals surface area contributed by atoms with E-state index in [2.05, 4.69) is 62.8 Å². The average molecular weight is 396 g/mol. The molecule has 0 saturated carbocycles. The molecule has 1 fully saturated rings. The van der Waals surface area contributed by atoms with Gasteiger partial charge in [-0.15, -0.1) is 0 Å². The number of piperidine rings is 1. The first-order valence-electron chi connectivity index (χ1n) is 10.3. The summed E-state index contributed by atoms with van der Waals surface area (Å²) >= 11 is 0. The third kappa shape index (κ3) is 5.70. The van der Waals surface area contributed by atoms with Crippen molar-refractivity contribution in [3.8, 4) is 5.75 Å². The molecule has 1 saturated heterocycles. The summed E-state index contributed by atoms with van der Waals surface area (Å²) < 4.78 is 5.51. The molecule has 2 heterocycles. The van der Waals surface area contributed by atoms with E-state index in [1.165, 1.54) is 5.56 Å². The molecule has 3 rings (SSSR count). The lowest BCUT2D eigenvalue weighted by molar-refractivity contribution is 0.198. The number of pyridine rings is 1. The summed E-state index contributed by atoms with van der Waals surface area (Å²) in [6, 6.07) is 11.1. The number of rotatable bonds is 6. The number of aryl methyl sites for hydroxylation is 1. The zero-order valence-corrected chi connectivity index (χ0v) is 18.0. The van der Waals surface area contributed by atoms with Crippen molar-refractivity contribution in [3.05, 3.63) is 58.9 Å². The minimum Gasteiger partial charge on any atom is -0.496 e. The van der Waals surface area contributed by atoms with Crippen LogP contribution in [0.15, 0.2) is 41.5 Å². The molecular formula is C23H33N5O. The number of hydrogen-bond donors (Lipinski definition) is 2. The molecule has 156 valence electrons. The van der Waals surface area contributed by atoms with Gasteiger partial charge in [-0.3, -0.25) is 14.9 Å². The highest BCUT2D eigenvalue weighted by atomic mass is 16.5. The van der Waals surface area contributed by atoms with Crippen molar-refractivity contribution < 1.29 is 4.74 Å². The van der Waals surface area contributed by atoms with Crippen LogP contribution in [0.5, 0.6) is 5.75 Å². The van der Waals surface area contributed by atoms with Gasteiger partial charge in [-0.2, -0.15) is 0 Å². The second-order valence-electron chi connectivity index (χ2n) is 7.65. The van der Waals surface area contributed by atoms with Crippen LogP contribution in [-0.4, -0.2) is 49.1 Å². The van der Waals surface area contributed by atoms with Gasteiger partial charge >= 0.3 is 0 Å². The predicted molar refractivity (Wildman–Crippen MR) is 118 cm³/mol. The molecule has 0 spiro atoms. The number of likely N-dealkylation sites (tertiary alicyclic amines) is 1. The van der Waals surface area contributed by atoms with Crippen molar-refractivity contribution in [2.45, 2.75) is 45.8 Å². The first-order valence-corrected chi connectivity index (χ1v) is 10.3. The highest BCUT2D eigenvalue weighted by Crippen LogP contribution is 2.23. The van der Waals surface area contributed by atoms with Crippen LogP contribution in [0.25, 0.3) is 0 Å². The van der Waals surface area contributed by atoms with Crippen LogP contribution >= 0.6 is 0 Å². The van der Waals surface area contributed by atoms with Gasteiger partial charge in [0.15, 0.2) is 5.96 Å². The Bertz CT molecular complexity index is 814. The Kier molecular flexibility index (Phi) is 7.47. The van der Waals surface area contributed by atoms with Crippen LogP contribution in [0.3, 0.4) is 0 Å². The summed E-state index contributed by atoms with van der Waals surface area (Å²) in [7, 11) is 3.52. The number of aliphatic imine (C=N–C) groups is 1. The summed E-state index contributed by atoms with van der Waals surface area (Å²) in [5, 5.41) is 6.98. The molecule has 0 amide bonds. The summed E-state index contributed by atoms with van der Waals surface area (Å²) in [5.74, 6) is 1.73. The number of methoxy groups -OCH3 is 1. The molecule has 0 radical (unpaired) electrons. The van der Waals surface area contributed by atoms with Gasteiger partial charge in [-0.25, -0.2) is 0 Å². The molecule has 0 atom stereocenters. The van der Waals surface area contributed by atoms with E-state index in [1.807, 2.05) is 20.2 Å². The van der Waals surface area contributed by atoms with E-state index in [-0.39, 0.29) is 0 Å². The van der Waals surface area contributed by atoms with Crippen molar-refractivity contribution in [1.82, 2.24) is 20.5 Å². The molecule has 0 aliphatic carbocycles. The standard InChI is InChI=1S/C23H33N5O/c1-17-14-25-21(18(2)22(17)29-4)15-26-23(24-3)27-20-10-12-28(13-11-20)16-19-8-6-5-7-9-19/h5-9,14,20H,10-13,15-16H2,1-4H3,(H2,24,26,27). The highest BCUT2D eigenvalue weighted by molar-refractivity contribution is 5.80. The fourth-order valence-electron chi connectivity index (χ4n) is 3.88. The van der Waals surface area contributed by atoms with E-state index in [0.717, 1.165) is 61.0 Å². The maximum absolute atomic E-state index is 5.51. The Morgan fingerprint density at radius 3 is 2.59 bits per heavy atom. The van der Waals surface area contributed by atoms with E-state index in [9.17, 15) is 0 Å². The minimum atomic E-state index is 0.440. The Morgan fingerprint density at radius 2 is 1.93 bits per heavy atom. The fraction of sp³-hybridized carbons (Fsp3) is 0.478. The smallest absolute Gasteiger partial charge is 0.191 e. The Balaban J connectivity index is 1.48. The summed E-state index contributed by atoms with van der Waals surface area (Å²) in [4.78, 5) is 11.5. The van der Waals surface area contributed by atoms with E-state index in [1.54, 1.807) is 7.11 Å². The highest BCUT2D eigenvalue weighted by Gasteiger charge is 2.20. The second-order valence-corrected chi connectivity index (χ2v) is 7.65. The number of ether oxygens (including phenoxy) is 1.